The third-order valence-electron chi connectivity index (χ3n) is 4.71. The summed E-state index contributed by atoms with van der Waals surface area (Å²) in [6.45, 7) is 0.602. The molecule has 1 atom stereocenters. The topological polar surface area (TPSA) is 78.5 Å². The van der Waals surface area contributed by atoms with Crippen LogP contribution < -0.4 is 10.9 Å². The van der Waals surface area contributed by atoms with Gasteiger partial charge in [-0.25, -0.2) is 13.8 Å². The molecule has 3 N–H and O–H groups in total. The molecular formula is C17H17F2N5OS. The number of fused-ring (bicyclic) bond motifs is 1. The molecule has 1 saturated heterocycles. The lowest BCUT2D eigenvalue weighted by atomic mass is 9.91. The number of halogens is 2. The van der Waals surface area contributed by atoms with Gasteiger partial charge in [0.25, 0.3) is 11.5 Å². The minimum atomic E-state index is -2.67. The normalized spacial score (nSPS) is 19.7. The van der Waals surface area contributed by atoms with E-state index in [0.29, 0.717) is 17.7 Å². The molecule has 1 aromatic carbocycles. The van der Waals surface area contributed by atoms with Crippen LogP contribution in [-0.2, 0) is 6.54 Å². The summed E-state index contributed by atoms with van der Waals surface area (Å²) in [5.74, 6) is -2.67. The second kappa shape index (κ2) is 6.40. The lowest BCUT2D eigenvalue weighted by Crippen LogP contribution is -2.38. The molecule has 4 rings (SSSR count). The Labute approximate surface area is 152 Å². The molecule has 136 valence electrons. The van der Waals surface area contributed by atoms with Gasteiger partial charge in [0.05, 0.1) is 12.9 Å². The van der Waals surface area contributed by atoms with Gasteiger partial charge in [0, 0.05) is 25.4 Å². The molecule has 9 heteroatoms. The average molecular weight is 377 g/mol. The second-order valence-electron chi connectivity index (χ2n) is 6.46. The van der Waals surface area contributed by atoms with Crippen molar-refractivity contribution in [1.29, 1.82) is 0 Å². The quantitative estimate of drug-likeness (QED) is 0.614. The Morgan fingerprint density at radius 2 is 2.15 bits per heavy atom. The molecule has 26 heavy (non-hydrogen) atoms. The molecular weight excluding hydrogens is 360 g/mol. The van der Waals surface area contributed by atoms with Crippen LogP contribution in [-0.4, -0.2) is 32.0 Å². The van der Waals surface area contributed by atoms with Crippen LogP contribution in [0.4, 0.5) is 8.78 Å². The number of H-pyrrole nitrogens is 2. The van der Waals surface area contributed by atoms with E-state index in [1.54, 1.807) is 4.57 Å². The molecule has 6 nitrogen and oxygen atoms in total. The van der Waals surface area contributed by atoms with Gasteiger partial charge in [-0.05, 0) is 23.3 Å². The Balaban J connectivity index is 1.76. The summed E-state index contributed by atoms with van der Waals surface area (Å²) in [5, 5.41) is 3.18. The molecule has 1 unspecified atom stereocenters. The average Bonchev–Trinajstić information content (AvgIpc) is 3.08. The van der Waals surface area contributed by atoms with E-state index in [1.807, 2.05) is 24.3 Å². The Morgan fingerprint density at radius 1 is 1.35 bits per heavy atom. The molecule has 0 bridgehead atoms. The smallest absolute Gasteiger partial charge is 0.277 e. The molecule has 0 radical (unpaired) electrons. The number of piperidine rings is 1. The molecule has 1 fully saturated rings. The second-order valence-corrected chi connectivity index (χ2v) is 6.85. The first-order valence-corrected chi connectivity index (χ1v) is 8.71. The monoisotopic (exact) mass is 377 g/mol. The number of nitrogens with zero attached hydrogens (tertiary/aromatic N) is 2. The van der Waals surface area contributed by atoms with Crippen LogP contribution in [0, 0.1) is 4.77 Å². The van der Waals surface area contributed by atoms with Crippen LogP contribution >= 0.6 is 12.2 Å². The third kappa shape index (κ3) is 3.08. The first-order valence-electron chi connectivity index (χ1n) is 8.30. The molecule has 0 saturated carbocycles. The summed E-state index contributed by atoms with van der Waals surface area (Å²) >= 11 is 5.29. The van der Waals surface area contributed by atoms with Crippen molar-refractivity contribution >= 4 is 23.4 Å². The van der Waals surface area contributed by atoms with Crippen molar-refractivity contribution in [2.24, 2.45) is 0 Å². The lowest BCUT2D eigenvalue weighted by Gasteiger charge is -2.31. The van der Waals surface area contributed by atoms with Gasteiger partial charge in [-0.2, -0.15) is 0 Å². The SMILES string of the molecule is O=c1[nH]c(=S)n(Cc2ccccc2C2CC(F)(F)CCN2)c2nc[nH]c12. The number of hydrogen-bond acceptors (Lipinski definition) is 4. The zero-order valence-corrected chi connectivity index (χ0v) is 14.6. The summed E-state index contributed by atoms with van der Waals surface area (Å²) < 4.78 is 29.7. The van der Waals surface area contributed by atoms with Crippen molar-refractivity contribution < 1.29 is 8.78 Å². The number of aromatic amines is 2. The van der Waals surface area contributed by atoms with Crippen molar-refractivity contribution in [3.8, 4) is 0 Å². The molecule has 0 spiro atoms. The predicted octanol–water partition coefficient (Wildman–Crippen LogP) is 2.89. The Hall–Kier alpha value is -2.39. The Morgan fingerprint density at radius 3 is 2.96 bits per heavy atom. The zero-order chi connectivity index (χ0) is 18.3. The van der Waals surface area contributed by atoms with Gasteiger partial charge in [-0.15, -0.1) is 0 Å². The van der Waals surface area contributed by atoms with E-state index in [-0.39, 0.29) is 29.7 Å². The van der Waals surface area contributed by atoms with E-state index in [1.165, 1.54) is 6.33 Å². The predicted molar refractivity (Wildman–Crippen MR) is 96.0 cm³/mol. The van der Waals surface area contributed by atoms with E-state index in [4.69, 9.17) is 12.2 Å². The maximum Gasteiger partial charge on any atom is 0.277 e. The van der Waals surface area contributed by atoms with Crippen LogP contribution in [0.1, 0.15) is 30.0 Å². The van der Waals surface area contributed by atoms with E-state index in [0.717, 1.165) is 11.1 Å². The van der Waals surface area contributed by atoms with Crippen LogP contribution in [0.2, 0.25) is 0 Å². The van der Waals surface area contributed by atoms with Crippen molar-refractivity contribution in [1.82, 2.24) is 24.8 Å². The maximum atomic E-state index is 13.9. The van der Waals surface area contributed by atoms with E-state index in [2.05, 4.69) is 20.3 Å². The summed E-state index contributed by atoms with van der Waals surface area (Å²) in [6.07, 6.45) is 1.05. The lowest BCUT2D eigenvalue weighted by molar-refractivity contribution is -0.0416. The van der Waals surface area contributed by atoms with Crippen molar-refractivity contribution in [2.45, 2.75) is 31.4 Å². The van der Waals surface area contributed by atoms with Crippen LogP contribution in [0.3, 0.4) is 0 Å². The fourth-order valence-corrected chi connectivity index (χ4v) is 3.68. The Bertz CT molecular complexity index is 1070. The summed E-state index contributed by atoms with van der Waals surface area (Å²) in [4.78, 5) is 21.5. The molecule has 1 aliphatic rings. The first kappa shape index (κ1) is 17.0. The van der Waals surface area contributed by atoms with Crippen molar-refractivity contribution in [3.05, 3.63) is 56.8 Å². The minimum absolute atomic E-state index is 0.148. The summed E-state index contributed by atoms with van der Waals surface area (Å²) in [5.41, 5.74) is 2.10. The number of rotatable bonds is 3. The number of aromatic nitrogens is 4. The van der Waals surface area contributed by atoms with Crippen LogP contribution in [0.25, 0.3) is 11.2 Å². The highest BCUT2D eigenvalue weighted by Crippen LogP contribution is 2.35. The molecule has 0 amide bonds. The third-order valence-corrected chi connectivity index (χ3v) is 5.03. The molecule has 2 aromatic heterocycles. The highest BCUT2D eigenvalue weighted by molar-refractivity contribution is 7.71. The fraction of sp³-hybridized carbons (Fsp3) is 0.353. The number of alkyl halides is 2. The largest absolute Gasteiger partial charge is 0.339 e. The zero-order valence-electron chi connectivity index (χ0n) is 13.8. The van der Waals surface area contributed by atoms with E-state index in [9.17, 15) is 13.6 Å². The van der Waals surface area contributed by atoms with Gasteiger partial charge in [-0.3, -0.25) is 14.3 Å². The van der Waals surface area contributed by atoms with Gasteiger partial charge in [0.15, 0.2) is 10.4 Å². The molecule has 1 aliphatic heterocycles. The highest BCUT2D eigenvalue weighted by atomic mass is 32.1. The molecule has 0 aliphatic carbocycles. The summed E-state index contributed by atoms with van der Waals surface area (Å²) in [6, 6.07) is 7.00. The van der Waals surface area contributed by atoms with Crippen molar-refractivity contribution in [3.63, 3.8) is 0 Å². The number of nitrogens with one attached hydrogen (secondary N) is 3. The van der Waals surface area contributed by atoms with Gasteiger partial charge in [0.1, 0.15) is 5.52 Å². The first-order chi connectivity index (χ1) is 12.4. The number of hydrogen-bond donors (Lipinski definition) is 3. The molecule has 3 heterocycles. The number of imidazole rings is 1. The van der Waals surface area contributed by atoms with Crippen molar-refractivity contribution in [2.75, 3.05) is 6.54 Å². The van der Waals surface area contributed by atoms with Gasteiger partial charge >= 0.3 is 0 Å². The minimum Gasteiger partial charge on any atom is -0.339 e. The van der Waals surface area contributed by atoms with E-state index < -0.39 is 12.0 Å². The van der Waals surface area contributed by atoms with Gasteiger partial charge in [-0.1, -0.05) is 24.3 Å². The van der Waals surface area contributed by atoms with Crippen LogP contribution in [0.15, 0.2) is 35.4 Å². The van der Waals surface area contributed by atoms with Gasteiger partial charge in [0.2, 0.25) is 0 Å². The van der Waals surface area contributed by atoms with E-state index >= 15 is 0 Å². The van der Waals surface area contributed by atoms with Gasteiger partial charge < -0.3 is 10.3 Å². The Kier molecular flexibility index (Phi) is 4.20. The highest BCUT2D eigenvalue weighted by Gasteiger charge is 2.37. The van der Waals surface area contributed by atoms with Crippen LogP contribution in [0.5, 0.6) is 0 Å². The molecule has 3 aromatic rings. The fourth-order valence-electron chi connectivity index (χ4n) is 3.44. The maximum absolute atomic E-state index is 13.9. The standard InChI is InChI=1S/C17H17F2N5OS/c18-17(19)5-6-20-12(7-17)11-4-2-1-3-10(11)8-24-14-13(21-9-22-14)15(25)23-16(24)26/h1-4,9,12,20H,5-8H2,(H,21,22)(H,23,25,26). The summed E-state index contributed by atoms with van der Waals surface area (Å²) in [7, 11) is 0. The number of benzene rings is 1.